The van der Waals surface area contributed by atoms with Crippen LogP contribution in [0.5, 0.6) is 5.75 Å². The Morgan fingerprint density at radius 3 is 2.29 bits per heavy atom. The molecule has 3 aromatic carbocycles. The molecular weight excluding hydrogens is 420 g/mol. The largest absolute Gasteiger partial charge is 0.491 e. The van der Waals surface area contributed by atoms with Crippen molar-refractivity contribution in [2.45, 2.75) is 53.6 Å². The van der Waals surface area contributed by atoms with Crippen LogP contribution in [0.2, 0.25) is 0 Å². The van der Waals surface area contributed by atoms with E-state index in [4.69, 9.17) is 19.7 Å². The summed E-state index contributed by atoms with van der Waals surface area (Å²) >= 11 is 0. The van der Waals surface area contributed by atoms with Gasteiger partial charge >= 0.3 is 0 Å². The Labute approximate surface area is 200 Å². The highest BCUT2D eigenvalue weighted by Gasteiger charge is 2.16. The van der Waals surface area contributed by atoms with E-state index in [2.05, 4.69) is 69.1 Å². The molecule has 0 spiro atoms. The van der Waals surface area contributed by atoms with E-state index in [1.807, 2.05) is 32.0 Å². The van der Waals surface area contributed by atoms with Crippen molar-refractivity contribution in [3.63, 3.8) is 0 Å². The molecule has 5 nitrogen and oxygen atoms in total. The van der Waals surface area contributed by atoms with Gasteiger partial charge in [0, 0.05) is 10.9 Å². The topological polar surface area (TPSA) is 63.7 Å². The van der Waals surface area contributed by atoms with Crippen molar-refractivity contribution in [3.05, 3.63) is 71.3 Å². The van der Waals surface area contributed by atoms with E-state index in [9.17, 15) is 0 Å². The lowest BCUT2D eigenvalue weighted by Crippen LogP contribution is -2.05. The molecule has 0 amide bonds. The second-order valence-corrected chi connectivity index (χ2v) is 9.58. The third kappa shape index (κ3) is 4.14. The summed E-state index contributed by atoms with van der Waals surface area (Å²) in [6, 6.07) is 18.9. The fourth-order valence-electron chi connectivity index (χ4n) is 4.38. The lowest BCUT2D eigenvalue weighted by atomic mass is 9.99. The minimum absolute atomic E-state index is 0.0914. The van der Waals surface area contributed by atoms with Crippen LogP contribution in [0, 0.1) is 13.8 Å². The predicted octanol–water partition coefficient (Wildman–Crippen LogP) is 7.37. The molecule has 2 aromatic heterocycles. The van der Waals surface area contributed by atoms with Crippen LogP contribution in [-0.2, 0) is 0 Å². The highest BCUT2D eigenvalue weighted by Crippen LogP contribution is 2.33. The average molecular weight is 451 g/mol. The van der Waals surface area contributed by atoms with Gasteiger partial charge in [0.05, 0.1) is 28.3 Å². The van der Waals surface area contributed by atoms with Crippen LogP contribution < -0.4 is 4.74 Å². The standard InChI is InChI=1S/C29H30N4O/c1-16(2)20-7-9-21(10-8-20)27-23-15-22(34-17(3)4)11-12-24(23)30-28(33-27)29-31-25-14-18(5)13-19(6)26(25)32-29/h7-17H,1-6H3,(H,31,32). The number of ether oxygens (including phenoxy) is 1. The summed E-state index contributed by atoms with van der Waals surface area (Å²) in [5.74, 6) is 2.54. The Bertz CT molecular complexity index is 1500. The Hall–Kier alpha value is -3.73. The van der Waals surface area contributed by atoms with E-state index in [-0.39, 0.29) is 6.10 Å². The zero-order chi connectivity index (χ0) is 24.0. The summed E-state index contributed by atoms with van der Waals surface area (Å²) in [5, 5.41) is 0.960. The number of nitrogens with zero attached hydrogens (tertiary/aromatic N) is 3. The summed E-state index contributed by atoms with van der Waals surface area (Å²) in [7, 11) is 0. The van der Waals surface area contributed by atoms with E-state index < -0.39 is 0 Å². The van der Waals surface area contributed by atoms with Gasteiger partial charge in [0.25, 0.3) is 0 Å². The van der Waals surface area contributed by atoms with Crippen molar-refractivity contribution in [1.29, 1.82) is 0 Å². The zero-order valence-corrected chi connectivity index (χ0v) is 20.6. The second-order valence-electron chi connectivity index (χ2n) is 9.58. The third-order valence-corrected chi connectivity index (χ3v) is 6.02. The summed E-state index contributed by atoms with van der Waals surface area (Å²) in [6.45, 7) is 12.6. The van der Waals surface area contributed by atoms with Crippen molar-refractivity contribution in [2.75, 3.05) is 0 Å². The van der Waals surface area contributed by atoms with Gasteiger partial charge in [0.15, 0.2) is 11.6 Å². The van der Waals surface area contributed by atoms with E-state index in [1.165, 1.54) is 11.1 Å². The molecule has 5 rings (SSSR count). The number of hydrogen-bond acceptors (Lipinski definition) is 4. The second kappa shape index (κ2) is 8.56. The van der Waals surface area contributed by atoms with Gasteiger partial charge in [-0.15, -0.1) is 0 Å². The quantitative estimate of drug-likeness (QED) is 0.304. The molecule has 5 heteroatoms. The maximum atomic E-state index is 5.97. The highest BCUT2D eigenvalue weighted by molar-refractivity contribution is 5.94. The van der Waals surface area contributed by atoms with Crippen LogP contribution in [0.15, 0.2) is 54.6 Å². The smallest absolute Gasteiger partial charge is 0.196 e. The van der Waals surface area contributed by atoms with Crippen molar-refractivity contribution in [2.24, 2.45) is 0 Å². The van der Waals surface area contributed by atoms with Crippen LogP contribution >= 0.6 is 0 Å². The molecule has 0 aliphatic carbocycles. The lowest BCUT2D eigenvalue weighted by molar-refractivity contribution is 0.243. The summed E-state index contributed by atoms with van der Waals surface area (Å²) < 4.78 is 5.97. The van der Waals surface area contributed by atoms with Crippen LogP contribution in [0.25, 0.3) is 44.8 Å². The monoisotopic (exact) mass is 450 g/mol. The van der Waals surface area contributed by atoms with Gasteiger partial charge in [0.1, 0.15) is 5.75 Å². The number of imidazole rings is 1. The molecule has 0 bridgehead atoms. The number of aryl methyl sites for hydroxylation is 2. The molecule has 0 saturated heterocycles. The van der Waals surface area contributed by atoms with Crippen LogP contribution in [0.4, 0.5) is 0 Å². The molecule has 0 aliphatic heterocycles. The minimum Gasteiger partial charge on any atom is -0.491 e. The van der Waals surface area contributed by atoms with Gasteiger partial charge in [0.2, 0.25) is 0 Å². The van der Waals surface area contributed by atoms with Gasteiger partial charge in [-0.1, -0.05) is 44.2 Å². The lowest BCUT2D eigenvalue weighted by Gasteiger charge is -2.13. The van der Waals surface area contributed by atoms with Gasteiger partial charge in [-0.25, -0.2) is 15.0 Å². The number of nitrogens with one attached hydrogen (secondary N) is 1. The fourth-order valence-corrected chi connectivity index (χ4v) is 4.38. The molecule has 0 unspecified atom stereocenters. The van der Waals surface area contributed by atoms with Crippen molar-refractivity contribution in [1.82, 2.24) is 19.9 Å². The molecule has 0 fully saturated rings. The molecule has 2 heterocycles. The first-order valence-electron chi connectivity index (χ1n) is 11.8. The molecular formula is C29H30N4O. The Morgan fingerprint density at radius 1 is 0.824 bits per heavy atom. The fraction of sp³-hybridized carbons (Fsp3) is 0.276. The molecule has 172 valence electrons. The van der Waals surface area contributed by atoms with Crippen molar-refractivity contribution >= 4 is 21.9 Å². The van der Waals surface area contributed by atoms with E-state index in [1.54, 1.807) is 0 Å². The third-order valence-electron chi connectivity index (χ3n) is 6.02. The van der Waals surface area contributed by atoms with Crippen LogP contribution in [-0.4, -0.2) is 26.0 Å². The molecule has 1 N–H and O–H groups in total. The molecule has 0 radical (unpaired) electrons. The Balaban J connectivity index is 1.72. The van der Waals surface area contributed by atoms with Crippen LogP contribution in [0.3, 0.4) is 0 Å². The van der Waals surface area contributed by atoms with E-state index >= 15 is 0 Å². The number of aromatic nitrogens is 4. The molecule has 5 aromatic rings. The molecule has 34 heavy (non-hydrogen) atoms. The predicted molar refractivity (Wildman–Crippen MR) is 139 cm³/mol. The van der Waals surface area contributed by atoms with Gasteiger partial charge in [-0.2, -0.15) is 0 Å². The number of aromatic amines is 1. The summed E-state index contributed by atoms with van der Waals surface area (Å²) in [5.41, 5.74) is 8.36. The number of benzene rings is 3. The van der Waals surface area contributed by atoms with E-state index in [0.717, 1.165) is 44.5 Å². The summed E-state index contributed by atoms with van der Waals surface area (Å²) in [4.78, 5) is 18.2. The number of rotatable bonds is 5. The van der Waals surface area contributed by atoms with Gasteiger partial charge in [-0.3, -0.25) is 0 Å². The summed E-state index contributed by atoms with van der Waals surface area (Å²) in [6.07, 6.45) is 0.0914. The van der Waals surface area contributed by atoms with Crippen molar-refractivity contribution in [3.8, 4) is 28.7 Å². The van der Waals surface area contributed by atoms with E-state index in [0.29, 0.717) is 17.6 Å². The highest BCUT2D eigenvalue weighted by atomic mass is 16.5. The molecule has 0 aliphatic rings. The Morgan fingerprint density at radius 2 is 1.59 bits per heavy atom. The van der Waals surface area contributed by atoms with Gasteiger partial charge in [-0.05, 0) is 74.6 Å². The zero-order valence-electron chi connectivity index (χ0n) is 20.6. The molecule has 0 saturated carbocycles. The average Bonchev–Trinajstić information content (AvgIpc) is 3.22. The first-order chi connectivity index (χ1) is 16.3. The van der Waals surface area contributed by atoms with Crippen molar-refractivity contribution < 1.29 is 4.74 Å². The number of hydrogen-bond donors (Lipinski definition) is 1. The minimum atomic E-state index is 0.0914. The number of H-pyrrole nitrogens is 1. The van der Waals surface area contributed by atoms with Crippen LogP contribution in [0.1, 0.15) is 50.3 Å². The normalized spacial score (nSPS) is 11.8. The first kappa shape index (κ1) is 22.1. The van der Waals surface area contributed by atoms with Gasteiger partial charge < -0.3 is 9.72 Å². The first-order valence-corrected chi connectivity index (χ1v) is 11.8. The SMILES string of the molecule is Cc1cc(C)c2nc(-c3nc(-c4ccc(C(C)C)cc4)c4cc(OC(C)C)ccc4n3)[nH]c2c1. The number of fused-ring (bicyclic) bond motifs is 2. The Kier molecular flexibility index (Phi) is 5.56. The molecule has 0 atom stereocenters. The maximum absolute atomic E-state index is 5.97. The maximum Gasteiger partial charge on any atom is 0.196 e.